The predicted octanol–water partition coefficient (Wildman–Crippen LogP) is 1.40. The minimum Gasteiger partial charge on any atom is -0.289 e. The molecule has 0 bridgehead atoms. The highest BCUT2D eigenvalue weighted by atomic mass is 79.9. The molecule has 0 N–H and O–H groups in total. The zero-order chi connectivity index (χ0) is 5.28. The lowest BCUT2D eigenvalue weighted by atomic mass is 10.5. The number of carbonyl (C=O) groups excluding carboxylic acids is 1. The van der Waals surface area contributed by atoms with Crippen LogP contribution in [0.4, 0.5) is 0 Å². The molecule has 36 valence electrons. The van der Waals surface area contributed by atoms with E-state index < -0.39 is 0 Å². The van der Waals surface area contributed by atoms with E-state index in [9.17, 15) is 4.79 Å². The highest BCUT2D eigenvalue weighted by Crippen LogP contribution is 2.11. The van der Waals surface area contributed by atoms with E-state index >= 15 is 0 Å². The zero-order valence-corrected chi connectivity index (χ0v) is 5.10. The topological polar surface area (TPSA) is 17.1 Å². The summed E-state index contributed by atoms with van der Waals surface area (Å²) in [7, 11) is 0. The molecule has 0 saturated carbocycles. The molecule has 0 atom stereocenters. The summed E-state index contributed by atoms with van der Waals surface area (Å²) >= 11 is 3.05. The van der Waals surface area contributed by atoms with Crippen molar-refractivity contribution in [3.8, 4) is 0 Å². The third-order valence-corrected chi connectivity index (χ3v) is 1.38. The molecule has 0 aliphatic heterocycles. The number of carbonyl (C=O) groups is 1. The molecule has 0 unspecified atom stereocenters. The maximum Gasteiger partial charge on any atom is 0.192 e. The Morgan fingerprint density at radius 1 is 1.57 bits per heavy atom. The number of halogens is 1. The SMILES string of the molecule is O=C1C=CC=C1Br. The lowest BCUT2D eigenvalue weighted by molar-refractivity contribution is -0.110. The standard InChI is InChI=1S/C5H3BrO/c6-4-2-1-3-5(4)7/h1-3H. The fourth-order valence-electron chi connectivity index (χ4n) is 0.382. The summed E-state index contributed by atoms with van der Waals surface area (Å²) in [6.45, 7) is 0. The van der Waals surface area contributed by atoms with Gasteiger partial charge in [0, 0.05) is 0 Å². The second kappa shape index (κ2) is 1.62. The fourth-order valence-corrected chi connectivity index (χ4v) is 0.667. The van der Waals surface area contributed by atoms with Gasteiger partial charge in [-0.15, -0.1) is 0 Å². The first-order chi connectivity index (χ1) is 3.30. The van der Waals surface area contributed by atoms with Crippen LogP contribution in [0.5, 0.6) is 0 Å². The van der Waals surface area contributed by atoms with Crippen LogP contribution in [-0.2, 0) is 4.79 Å². The van der Waals surface area contributed by atoms with E-state index in [1.807, 2.05) is 0 Å². The van der Waals surface area contributed by atoms with Crippen LogP contribution in [0.1, 0.15) is 0 Å². The summed E-state index contributed by atoms with van der Waals surface area (Å²) in [6, 6.07) is 0. The Morgan fingerprint density at radius 3 is 2.43 bits per heavy atom. The molecule has 0 aromatic rings. The average molecular weight is 159 g/mol. The lowest BCUT2D eigenvalue weighted by Gasteiger charge is -1.76. The van der Waals surface area contributed by atoms with Crippen molar-refractivity contribution < 1.29 is 4.79 Å². The number of rotatable bonds is 0. The van der Waals surface area contributed by atoms with Crippen LogP contribution in [-0.4, -0.2) is 5.78 Å². The molecule has 0 aromatic heterocycles. The number of allylic oxidation sites excluding steroid dienone is 4. The molecule has 1 rings (SSSR count). The largest absolute Gasteiger partial charge is 0.289 e. The Labute approximate surface area is 49.8 Å². The quantitative estimate of drug-likeness (QED) is 0.522. The van der Waals surface area contributed by atoms with Crippen molar-refractivity contribution in [2.24, 2.45) is 0 Å². The van der Waals surface area contributed by atoms with Crippen molar-refractivity contribution in [3.63, 3.8) is 0 Å². The van der Waals surface area contributed by atoms with Crippen LogP contribution in [0.3, 0.4) is 0 Å². The molecule has 0 radical (unpaired) electrons. The van der Waals surface area contributed by atoms with Crippen molar-refractivity contribution in [3.05, 3.63) is 22.7 Å². The first-order valence-electron chi connectivity index (χ1n) is 1.89. The van der Waals surface area contributed by atoms with Crippen molar-refractivity contribution in [2.75, 3.05) is 0 Å². The van der Waals surface area contributed by atoms with Crippen LogP contribution >= 0.6 is 15.9 Å². The third kappa shape index (κ3) is 0.800. The van der Waals surface area contributed by atoms with Gasteiger partial charge in [0.05, 0.1) is 4.48 Å². The van der Waals surface area contributed by atoms with Crippen LogP contribution < -0.4 is 0 Å². The summed E-state index contributed by atoms with van der Waals surface area (Å²) in [6.07, 6.45) is 4.96. The van der Waals surface area contributed by atoms with E-state index in [4.69, 9.17) is 0 Å². The summed E-state index contributed by atoms with van der Waals surface area (Å²) in [5.41, 5.74) is 0. The summed E-state index contributed by atoms with van der Waals surface area (Å²) < 4.78 is 0.646. The van der Waals surface area contributed by atoms with Crippen molar-refractivity contribution in [2.45, 2.75) is 0 Å². The van der Waals surface area contributed by atoms with Gasteiger partial charge >= 0.3 is 0 Å². The molecule has 0 fully saturated rings. The molecule has 0 saturated heterocycles. The predicted molar refractivity (Wildman–Crippen MR) is 31.2 cm³/mol. The van der Waals surface area contributed by atoms with Gasteiger partial charge in [-0.2, -0.15) is 0 Å². The Kier molecular flexibility index (Phi) is 1.11. The molecular weight excluding hydrogens is 156 g/mol. The molecular formula is C5H3BrO. The normalized spacial score (nSPS) is 17.9. The van der Waals surface area contributed by atoms with E-state index in [2.05, 4.69) is 15.9 Å². The van der Waals surface area contributed by atoms with Crippen molar-refractivity contribution in [1.82, 2.24) is 0 Å². The average Bonchev–Trinajstić information content (AvgIpc) is 1.91. The molecule has 0 spiro atoms. The van der Waals surface area contributed by atoms with E-state index in [0.29, 0.717) is 4.48 Å². The number of hydrogen-bond acceptors (Lipinski definition) is 1. The van der Waals surface area contributed by atoms with E-state index in [0.717, 1.165) is 0 Å². The Bertz CT molecular complexity index is 155. The van der Waals surface area contributed by atoms with Crippen LogP contribution in [0.2, 0.25) is 0 Å². The Morgan fingerprint density at radius 2 is 2.29 bits per heavy atom. The first kappa shape index (κ1) is 4.78. The second-order valence-corrected chi connectivity index (χ2v) is 2.09. The monoisotopic (exact) mass is 158 g/mol. The maximum atomic E-state index is 10.4. The fraction of sp³-hybridized carbons (Fsp3) is 0. The van der Waals surface area contributed by atoms with Crippen LogP contribution in [0.25, 0.3) is 0 Å². The Balaban J connectivity index is 2.89. The van der Waals surface area contributed by atoms with Crippen molar-refractivity contribution >= 4 is 21.7 Å². The summed E-state index contributed by atoms with van der Waals surface area (Å²) in [4.78, 5) is 10.4. The van der Waals surface area contributed by atoms with Gasteiger partial charge in [-0.3, -0.25) is 4.79 Å². The zero-order valence-electron chi connectivity index (χ0n) is 3.52. The van der Waals surface area contributed by atoms with Gasteiger partial charge in [-0.1, -0.05) is 6.08 Å². The number of ketones is 1. The smallest absolute Gasteiger partial charge is 0.192 e. The van der Waals surface area contributed by atoms with Crippen LogP contribution in [0.15, 0.2) is 22.7 Å². The third-order valence-electron chi connectivity index (χ3n) is 0.726. The molecule has 1 nitrogen and oxygen atoms in total. The minimum absolute atomic E-state index is 0.0556. The molecule has 2 heteroatoms. The van der Waals surface area contributed by atoms with Gasteiger partial charge in [-0.25, -0.2) is 0 Å². The molecule has 0 aromatic carbocycles. The minimum atomic E-state index is 0.0556. The number of hydrogen-bond donors (Lipinski definition) is 0. The highest BCUT2D eigenvalue weighted by Gasteiger charge is 2.03. The van der Waals surface area contributed by atoms with E-state index in [1.165, 1.54) is 6.08 Å². The Hall–Kier alpha value is -0.370. The van der Waals surface area contributed by atoms with Crippen molar-refractivity contribution in [1.29, 1.82) is 0 Å². The molecule has 0 amide bonds. The van der Waals surface area contributed by atoms with E-state index in [-0.39, 0.29) is 5.78 Å². The van der Waals surface area contributed by atoms with E-state index in [1.54, 1.807) is 12.2 Å². The molecule has 1 aliphatic carbocycles. The van der Waals surface area contributed by atoms with Gasteiger partial charge in [0.25, 0.3) is 0 Å². The van der Waals surface area contributed by atoms with Gasteiger partial charge in [0.15, 0.2) is 5.78 Å². The van der Waals surface area contributed by atoms with Gasteiger partial charge in [-0.05, 0) is 28.1 Å². The van der Waals surface area contributed by atoms with Gasteiger partial charge in [0.2, 0.25) is 0 Å². The van der Waals surface area contributed by atoms with Gasteiger partial charge < -0.3 is 0 Å². The summed E-state index contributed by atoms with van der Waals surface area (Å²) in [5.74, 6) is 0.0556. The highest BCUT2D eigenvalue weighted by molar-refractivity contribution is 9.12. The van der Waals surface area contributed by atoms with Crippen LogP contribution in [0, 0.1) is 0 Å². The molecule has 1 aliphatic rings. The second-order valence-electron chi connectivity index (χ2n) is 1.24. The molecule has 7 heavy (non-hydrogen) atoms. The first-order valence-corrected chi connectivity index (χ1v) is 2.68. The maximum absolute atomic E-state index is 10.4. The van der Waals surface area contributed by atoms with Gasteiger partial charge in [0.1, 0.15) is 0 Å². The summed E-state index contributed by atoms with van der Waals surface area (Å²) in [5, 5.41) is 0. The lowest BCUT2D eigenvalue weighted by Crippen LogP contribution is -1.83. The molecule has 0 heterocycles.